The lowest BCUT2D eigenvalue weighted by atomic mass is 10.1. The van der Waals surface area contributed by atoms with Gasteiger partial charge >= 0.3 is 0 Å². The standard InChI is InChI=1S/C19H32N4O2/c1-20-19(23(4)14-17-8-10-24-15-17)21-13-16-6-5-7-18(12-16)25-11-9-22(2)3/h5-7,12,17H,8-11,13-15H2,1-4H3,(H,20,21). The van der Waals surface area contributed by atoms with Crippen molar-refractivity contribution >= 4 is 5.96 Å². The molecule has 1 N–H and O–H groups in total. The number of benzene rings is 1. The number of likely N-dealkylation sites (N-methyl/N-ethyl adjacent to an activating group) is 1. The second-order valence-electron chi connectivity index (χ2n) is 6.81. The Bertz CT molecular complexity index is 542. The molecule has 1 saturated heterocycles. The van der Waals surface area contributed by atoms with E-state index in [1.54, 1.807) is 0 Å². The minimum absolute atomic E-state index is 0.594. The fourth-order valence-corrected chi connectivity index (χ4v) is 2.86. The van der Waals surface area contributed by atoms with Crippen molar-refractivity contribution in [1.82, 2.24) is 15.1 Å². The van der Waals surface area contributed by atoms with Crippen LogP contribution in [0.3, 0.4) is 0 Å². The van der Waals surface area contributed by atoms with Crippen LogP contribution in [0.25, 0.3) is 0 Å². The van der Waals surface area contributed by atoms with Crippen LogP contribution in [0, 0.1) is 5.92 Å². The van der Waals surface area contributed by atoms with E-state index in [1.807, 2.05) is 33.3 Å². The molecule has 140 valence electrons. The Hall–Kier alpha value is -1.79. The molecule has 0 aliphatic carbocycles. The second kappa shape index (κ2) is 10.3. The Morgan fingerprint density at radius 2 is 2.20 bits per heavy atom. The minimum Gasteiger partial charge on any atom is -0.492 e. The Morgan fingerprint density at radius 1 is 1.36 bits per heavy atom. The average molecular weight is 348 g/mol. The van der Waals surface area contributed by atoms with Gasteiger partial charge in [-0.3, -0.25) is 4.99 Å². The molecule has 1 fully saturated rings. The molecule has 1 aromatic carbocycles. The molecule has 0 bridgehead atoms. The molecule has 0 radical (unpaired) electrons. The third-order valence-corrected chi connectivity index (χ3v) is 4.29. The van der Waals surface area contributed by atoms with E-state index in [-0.39, 0.29) is 0 Å². The summed E-state index contributed by atoms with van der Waals surface area (Å²) in [5, 5.41) is 3.43. The van der Waals surface area contributed by atoms with Gasteiger partial charge in [0.1, 0.15) is 12.4 Å². The van der Waals surface area contributed by atoms with Crippen LogP contribution in [-0.2, 0) is 11.3 Å². The Labute approximate surface area is 151 Å². The number of hydrogen-bond acceptors (Lipinski definition) is 4. The van der Waals surface area contributed by atoms with Gasteiger partial charge in [-0.2, -0.15) is 0 Å². The van der Waals surface area contributed by atoms with Gasteiger partial charge in [0.05, 0.1) is 6.61 Å². The lowest BCUT2D eigenvalue weighted by Gasteiger charge is -2.24. The fourth-order valence-electron chi connectivity index (χ4n) is 2.86. The maximum atomic E-state index is 5.80. The van der Waals surface area contributed by atoms with E-state index in [0.717, 1.165) is 51.0 Å². The molecular weight excluding hydrogens is 316 g/mol. The van der Waals surface area contributed by atoms with Crippen molar-refractivity contribution in [2.24, 2.45) is 10.9 Å². The third kappa shape index (κ3) is 6.92. The molecule has 25 heavy (non-hydrogen) atoms. The van der Waals surface area contributed by atoms with Crippen LogP contribution < -0.4 is 10.1 Å². The molecule has 1 aliphatic heterocycles. The van der Waals surface area contributed by atoms with Crippen molar-refractivity contribution in [2.75, 3.05) is 61.1 Å². The largest absolute Gasteiger partial charge is 0.492 e. The van der Waals surface area contributed by atoms with Crippen LogP contribution in [0.4, 0.5) is 0 Å². The smallest absolute Gasteiger partial charge is 0.193 e. The summed E-state index contributed by atoms with van der Waals surface area (Å²) in [7, 11) is 7.99. The molecular formula is C19H32N4O2. The van der Waals surface area contributed by atoms with Gasteiger partial charge in [-0.05, 0) is 38.2 Å². The molecule has 1 aromatic rings. The number of ether oxygens (including phenoxy) is 2. The van der Waals surface area contributed by atoms with Crippen molar-refractivity contribution in [3.63, 3.8) is 0 Å². The first-order valence-electron chi connectivity index (χ1n) is 8.94. The van der Waals surface area contributed by atoms with E-state index in [4.69, 9.17) is 9.47 Å². The van der Waals surface area contributed by atoms with Crippen molar-refractivity contribution in [3.05, 3.63) is 29.8 Å². The first-order valence-corrected chi connectivity index (χ1v) is 8.94. The number of guanidine groups is 1. The van der Waals surface area contributed by atoms with Gasteiger partial charge in [-0.15, -0.1) is 0 Å². The molecule has 1 atom stereocenters. The molecule has 0 aromatic heterocycles. The SMILES string of the molecule is CN=C(NCc1cccc(OCCN(C)C)c1)N(C)CC1CCOC1. The van der Waals surface area contributed by atoms with Gasteiger partial charge in [-0.25, -0.2) is 0 Å². The fraction of sp³-hybridized carbons (Fsp3) is 0.632. The third-order valence-electron chi connectivity index (χ3n) is 4.29. The van der Waals surface area contributed by atoms with Crippen LogP contribution in [-0.4, -0.2) is 76.9 Å². The molecule has 2 rings (SSSR count). The van der Waals surface area contributed by atoms with Crippen molar-refractivity contribution in [2.45, 2.75) is 13.0 Å². The summed E-state index contributed by atoms with van der Waals surface area (Å²) in [6, 6.07) is 8.22. The van der Waals surface area contributed by atoms with Gasteiger partial charge in [-0.1, -0.05) is 12.1 Å². The molecule has 1 heterocycles. The van der Waals surface area contributed by atoms with E-state index in [1.165, 1.54) is 5.56 Å². The first-order chi connectivity index (χ1) is 12.1. The van der Waals surface area contributed by atoms with Crippen LogP contribution in [0.2, 0.25) is 0 Å². The van der Waals surface area contributed by atoms with Crippen molar-refractivity contribution < 1.29 is 9.47 Å². The molecule has 6 nitrogen and oxygen atoms in total. The zero-order chi connectivity index (χ0) is 18.1. The number of nitrogens with zero attached hydrogens (tertiary/aromatic N) is 3. The van der Waals surface area contributed by atoms with Gasteiger partial charge in [0.25, 0.3) is 0 Å². The summed E-state index contributed by atoms with van der Waals surface area (Å²) >= 11 is 0. The summed E-state index contributed by atoms with van der Waals surface area (Å²) in [6.07, 6.45) is 1.13. The van der Waals surface area contributed by atoms with E-state index in [2.05, 4.69) is 39.3 Å². The maximum Gasteiger partial charge on any atom is 0.193 e. The molecule has 6 heteroatoms. The Kier molecular flexibility index (Phi) is 8.01. The van der Waals surface area contributed by atoms with E-state index >= 15 is 0 Å². The number of rotatable bonds is 8. The summed E-state index contributed by atoms with van der Waals surface area (Å²) in [6.45, 7) is 5.03. The lowest BCUT2D eigenvalue weighted by Crippen LogP contribution is -2.41. The van der Waals surface area contributed by atoms with E-state index in [0.29, 0.717) is 12.5 Å². The van der Waals surface area contributed by atoms with Gasteiger partial charge in [0, 0.05) is 46.3 Å². The van der Waals surface area contributed by atoms with E-state index in [9.17, 15) is 0 Å². The summed E-state index contributed by atoms with van der Waals surface area (Å²) in [5.74, 6) is 2.41. The molecule has 0 saturated carbocycles. The Balaban J connectivity index is 1.81. The predicted octanol–water partition coefficient (Wildman–Crippen LogP) is 1.67. The second-order valence-corrected chi connectivity index (χ2v) is 6.81. The normalized spacial score (nSPS) is 17.8. The van der Waals surface area contributed by atoms with Gasteiger partial charge in [0.15, 0.2) is 5.96 Å². The topological polar surface area (TPSA) is 49.3 Å². The van der Waals surface area contributed by atoms with Crippen molar-refractivity contribution in [3.8, 4) is 5.75 Å². The number of nitrogens with one attached hydrogen (secondary N) is 1. The predicted molar refractivity (Wildman–Crippen MR) is 102 cm³/mol. The van der Waals surface area contributed by atoms with Crippen molar-refractivity contribution in [1.29, 1.82) is 0 Å². The number of hydrogen-bond donors (Lipinski definition) is 1. The number of aliphatic imine (C=N–C) groups is 1. The first kappa shape index (κ1) is 19.5. The van der Waals surface area contributed by atoms with E-state index < -0.39 is 0 Å². The highest BCUT2D eigenvalue weighted by Crippen LogP contribution is 2.14. The highest BCUT2D eigenvalue weighted by Gasteiger charge is 2.18. The molecule has 1 unspecified atom stereocenters. The maximum absolute atomic E-state index is 5.80. The van der Waals surface area contributed by atoms with Crippen LogP contribution in [0.1, 0.15) is 12.0 Å². The monoisotopic (exact) mass is 348 g/mol. The highest BCUT2D eigenvalue weighted by atomic mass is 16.5. The summed E-state index contributed by atoms with van der Waals surface area (Å²) in [5.41, 5.74) is 1.18. The highest BCUT2D eigenvalue weighted by molar-refractivity contribution is 5.79. The van der Waals surface area contributed by atoms with Gasteiger partial charge in [0.2, 0.25) is 0 Å². The van der Waals surface area contributed by atoms with Crippen LogP contribution in [0.5, 0.6) is 5.75 Å². The lowest BCUT2D eigenvalue weighted by molar-refractivity contribution is 0.181. The zero-order valence-corrected chi connectivity index (χ0v) is 16.0. The summed E-state index contributed by atoms with van der Waals surface area (Å²) in [4.78, 5) is 8.68. The molecule has 1 aliphatic rings. The van der Waals surface area contributed by atoms with Crippen LogP contribution in [0.15, 0.2) is 29.3 Å². The minimum atomic E-state index is 0.594. The summed E-state index contributed by atoms with van der Waals surface area (Å²) < 4.78 is 11.3. The van der Waals surface area contributed by atoms with Gasteiger partial charge < -0.3 is 24.6 Å². The molecule has 0 spiro atoms. The molecule has 0 amide bonds. The zero-order valence-electron chi connectivity index (χ0n) is 16.0. The quantitative estimate of drug-likeness (QED) is 0.572. The Morgan fingerprint density at radius 3 is 2.88 bits per heavy atom. The average Bonchev–Trinajstić information content (AvgIpc) is 3.08. The van der Waals surface area contributed by atoms with Crippen LogP contribution >= 0.6 is 0 Å².